The monoisotopic (exact) mass is 214 g/mol. The van der Waals surface area contributed by atoms with Crippen LogP contribution in [0.4, 0.5) is 0 Å². The summed E-state index contributed by atoms with van der Waals surface area (Å²) < 4.78 is 15.9. The second kappa shape index (κ2) is 9.90. The van der Waals surface area contributed by atoms with Gasteiger partial charge in [-0.05, 0) is 13.8 Å². The van der Waals surface area contributed by atoms with Gasteiger partial charge in [-0.1, -0.05) is 17.7 Å². The third-order valence-corrected chi connectivity index (χ3v) is 1.79. The lowest BCUT2D eigenvalue weighted by Crippen LogP contribution is -2.24. The molecule has 3 nitrogen and oxygen atoms in total. The van der Waals surface area contributed by atoms with Gasteiger partial charge in [-0.2, -0.15) is 0 Å². The van der Waals surface area contributed by atoms with Crippen LogP contribution in [0.2, 0.25) is 0 Å². The molecule has 0 saturated heterocycles. The van der Waals surface area contributed by atoms with Gasteiger partial charge >= 0.3 is 0 Å². The number of methoxy groups -OCH3 is 1. The second-order valence-electron chi connectivity index (χ2n) is 3.50. The van der Waals surface area contributed by atoms with E-state index >= 15 is 0 Å². The minimum atomic E-state index is -0.00416. The molecule has 3 heteroatoms. The summed E-state index contributed by atoms with van der Waals surface area (Å²) in [6.45, 7) is 9.94. The molecule has 0 heterocycles. The van der Waals surface area contributed by atoms with Crippen LogP contribution < -0.4 is 0 Å². The van der Waals surface area contributed by atoms with Crippen LogP contribution in [-0.2, 0) is 14.2 Å². The Morgan fingerprint density at radius 1 is 1.20 bits per heavy atom. The highest BCUT2D eigenvalue weighted by atomic mass is 16.6. The number of hydrogen-bond donors (Lipinski definition) is 0. The predicted molar refractivity (Wildman–Crippen MR) is 62.1 cm³/mol. The van der Waals surface area contributed by atoms with E-state index in [1.807, 2.05) is 19.9 Å². The quantitative estimate of drug-likeness (QED) is 0.435. The lowest BCUT2D eigenvalue weighted by molar-refractivity contribution is -0.0309. The zero-order valence-corrected chi connectivity index (χ0v) is 9.99. The van der Waals surface area contributed by atoms with Gasteiger partial charge in [-0.3, -0.25) is 0 Å². The van der Waals surface area contributed by atoms with Gasteiger partial charge < -0.3 is 14.2 Å². The standard InChI is InChI=1S/C12H22O3/c1-5-7-14-9-12(13-4)10-15-8-6-11(2)3/h5-6,12H,1,7-10H2,2-4H3. The molecule has 88 valence electrons. The summed E-state index contributed by atoms with van der Waals surface area (Å²) in [5.74, 6) is 0. The molecule has 0 N–H and O–H groups in total. The molecule has 0 aliphatic heterocycles. The van der Waals surface area contributed by atoms with E-state index in [0.717, 1.165) is 0 Å². The predicted octanol–water partition coefficient (Wildman–Crippen LogP) is 2.19. The molecule has 0 fully saturated rings. The molecule has 0 spiro atoms. The van der Waals surface area contributed by atoms with Gasteiger partial charge in [0.25, 0.3) is 0 Å². The molecule has 0 aromatic rings. The largest absolute Gasteiger partial charge is 0.377 e. The third kappa shape index (κ3) is 9.66. The Morgan fingerprint density at radius 2 is 1.80 bits per heavy atom. The van der Waals surface area contributed by atoms with Crippen LogP contribution in [0.5, 0.6) is 0 Å². The van der Waals surface area contributed by atoms with E-state index in [4.69, 9.17) is 14.2 Å². The van der Waals surface area contributed by atoms with E-state index in [9.17, 15) is 0 Å². The first kappa shape index (κ1) is 14.4. The van der Waals surface area contributed by atoms with Crippen LogP contribution in [0.25, 0.3) is 0 Å². The SMILES string of the molecule is C=CCOCC(COCC=C(C)C)OC. The zero-order chi connectivity index (χ0) is 11.5. The minimum absolute atomic E-state index is 0.00416. The van der Waals surface area contributed by atoms with Crippen molar-refractivity contribution in [1.82, 2.24) is 0 Å². The van der Waals surface area contributed by atoms with Crippen LogP contribution in [0.15, 0.2) is 24.3 Å². The summed E-state index contributed by atoms with van der Waals surface area (Å²) in [5, 5.41) is 0. The van der Waals surface area contributed by atoms with Crippen molar-refractivity contribution in [3.05, 3.63) is 24.3 Å². The molecule has 0 rings (SSSR count). The first-order valence-corrected chi connectivity index (χ1v) is 5.13. The molecule has 0 aliphatic carbocycles. The van der Waals surface area contributed by atoms with Crippen molar-refractivity contribution in [2.24, 2.45) is 0 Å². The van der Waals surface area contributed by atoms with E-state index in [1.165, 1.54) is 5.57 Å². The Kier molecular flexibility index (Phi) is 9.48. The summed E-state index contributed by atoms with van der Waals surface area (Å²) in [5.41, 5.74) is 1.26. The van der Waals surface area contributed by atoms with E-state index in [1.54, 1.807) is 13.2 Å². The fourth-order valence-electron chi connectivity index (χ4n) is 0.892. The van der Waals surface area contributed by atoms with Crippen LogP contribution in [0.3, 0.4) is 0 Å². The molecule has 1 atom stereocenters. The van der Waals surface area contributed by atoms with Crippen molar-refractivity contribution < 1.29 is 14.2 Å². The van der Waals surface area contributed by atoms with Crippen molar-refractivity contribution >= 4 is 0 Å². The van der Waals surface area contributed by atoms with Crippen molar-refractivity contribution in [2.45, 2.75) is 20.0 Å². The van der Waals surface area contributed by atoms with Crippen molar-refractivity contribution in [2.75, 3.05) is 33.5 Å². The van der Waals surface area contributed by atoms with Gasteiger partial charge in [0, 0.05) is 7.11 Å². The van der Waals surface area contributed by atoms with Gasteiger partial charge in [0.1, 0.15) is 6.10 Å². The van der Waals surface area contributed by atoms with Gasteiger partial charge in [-0.15, -0.1) is 6.58 Å². The highest BCUT2D eigenvalue weighted by Crippen LogP contribution is 1.95. The average molecular weight is 214 g/mol. The summed E-state index contributed by atoms with van der Waals surface area (Å²) >= 11 is 0. The van der Waals surface area contributed by atoms with Crippen molar-refractivity contribution in [3.63, 3.8) is 0 Å². The fraction of sp³-hybridized carbons (Fsp3) is 0.667. The van der Waals surface area contributed by atoms with E-state index in [0.29, 0.717) is 26.4 Å². The van der Waals surface area contributed by atoms with Crippen LogP contribution >= 0.6 is 0 Å². The van der Waals surface area contributed by atoms with E-state index < -0.39 is 0 Å². The maximum atomic E-state index is 5.42. The summed E-state index contributed by atoms with van der Waals surface area (Å²) in [6, 6.07) is 0. The number of rotatable bonds is 9. The van der Waals surface area contributed by atoms with Crippen molar-refractivity contribution in [1.29, 1.82) is 0 Å². The van der Waals surface area contributed by atoms with Crippen molar-refractivity contribution in [3.8, 4) is 0 Å². The molecule has 0 bridgehead atoms. The second-order valence-corrected chi connectivity index (χ2v) is 3.50. The maximum absolute atomic E-state index is 5.42. The lowest BCUT2D eigenvalue weighted by Gasteiger charge is -2.14. The highest BCUT2D eigenvalue weighted by molar-refractivity contribution is 4.92. The summed E-state index contributed by atoms with van der Waals surface area (Å²) in [4.78, 5) is 0. The number of allylic oxidation sites excluding steroid dienone is 1. The summed E-state index contributed by atoms with van der Waals surface area (Å²) in [6.07, 6.45) is 3.75. The van der Waals surface area contributed by atoms with E-state index in [-0.39, 0.29) is 6.10 Å². The maximum Gasteiger partial charge on any atom is 0.104 e. The molecule has 0 radical (unpaired) electrons. The molecule has 0 saturated carbocycles. The van der Waals surface area contributed by atoms with Crippen LogP contribution in [-0.4, -0.2) is 39.6 Å². The van der Waals surface area contributed by atoms with Gasteiger partial charge in [0.05, 0.1) is 26.4 Å². The average Bonchev–Trinajstić information content (AvgIpc) is 2.21. The Labute approximate surface area is 92.7 Å². The van der Waals surface area contributed by atoms with Crippen LogP contribution in [0.1, 0.15) is 13.8 Å². The Balaban J connectivity index is 3.52. The normalized spacial score (nSPS) is 12.2. The molecule has 0 aliphatic rings. The fourth-order valence-corrected chi connectivity index (χ4v) is 0.892. The van der Waals surface area contributed by atoms with Crippen LogP contribution in [0, 0.1) is 0 Å². The topological polar surface area (TPSA) is 27.7 Å². The number of hydrogen-bond acceptors (Lipinski definition) is 3. The third-order valence-electron chi connectivity index (χ3n) is 1.79. The molecule has 15 heavy (non-hydrogen) atoms. The molecule has 0 aromatic carbocycles. The molecule has 0 aromatic heterocycles. The first-order chi connectivity index (χ1) is 7.20. The molecule has 1 unspecified atom stereocenters. The van der Waals surface area contributed by atoms with Gasteiger partial charge in [0.2, 0.25) is 0 Å². The Morgan fingerprint density at radius 3 is 2.27 bits per heavy atom. The first-order valence-electron chi connectivity index (χ1n) is 5.13. The van der Waals surface area contributed by atoms with Gasteiger partial charge in [-0.25, -0.2) is 0 Å². The lowest BCUT2D eigenvalue weighted by atomic mass is 10.3. The smallest absolute Gasteiger partial charge is 0.104 e. The highest BCUT2D eigenvalue weighted by Gasteiger charge is 2.06. The minimum Gasteiger partial charge on any atom is -0.377 e. The summed E-state index contributed by atoms with van der Waals surface area (Å²) in [7, 11) is 1.66. The molecule has 0 amide bonds. The van der Waals surface area contributed by atoms with E-state index in [2.05, 4.69) is 6.58 Å². The molecular formula is C12H22O3. The Hall–Kier alpha value is -0.640. The Bertz CT molecular complexity index is 183. The van der Waals surface area contributed by atoms with Gasteiger partial charge in [0.15, 0.2) is 0 Å². The molecular weight excluding hydrogens is 192 g/mol. The number of ether oxygens (including phenoxy) is 3. The zero-order valence-electron chi connectivity index (χ0n) is 9.99.